The number of anilines is 1. The molecule has 1 amide bonds. The number of thiophene rings is 1. The Labute approximate surface area is 186 Å². The first-order valence-corrected chi connectivity index (χ1v) is 11.0. The fourth-order valence-corrected chi connectivity index (χ4v) is 4.99. The van der Waals surface area contributed by atoms with Crippen molar-refractivity contribution in [1.82, 2.24) is 9.55 Å². The highest BCUT2D eigenvalue weighted by molar-refractivity contribution is 7.17. The van der Waals surface area contributed by atoms with Gasteiger partial charge in [0.15, 0.2) is 0 Å². The highest BCUT2D eigenvalue weighted by Gasteiger charge is 2.23. The molecule has 0 N–H and O–H groups in total. The molecule has 0 aliphatic carbocycles. The molecule has 0 bridgehead atoms. The number of rotatable bonds is 4. The quantitative estimate of drug-likeness (QED) is 0.348. The Morgan fingerprint density at radius 3 is 2.72 bits per heavy atom. The van der Waals surface area contributed by atoms with Crippen LogP contribution < -0.4 is 10.5 Å². The normalized spacial score (nSPS) is 13.2. The Hall–Kier alpha value is -3.85. The number of aryl methyl sites for hydroxylation is 1. The summed E-state index contributed by atoms with van der Waals surface area (Å²) in [6, 6.07) is 13.9. The Balaban J connectivity index is 1.49. The van der Waals surface area contributed by atoms with Crippen molar-refractivity contribution < 1.29 is 9.72 Å². The summed E-state index contributed by atoms with van der Waals surface area (Å²) in [6.45, 7) is 0.512. The third-order valence-electron chi connectivity index (χ3n) is 5.67. The number of benzene rings is 2. The van der Waals surface area contributed by atoms with Gasteiger partial charge >= 0.3 is 0 Å². The summed E-state index contributed by atoms with van der Waals surface area (Å²) in [4.78, 5) is 43.5. The van der Waals surface area contributed by atoms with E-state index < -0.39 is 4.92 Å². The van der Waals surface area contributed by atoms with Gasteiger partial charge in [-0.2, -0.15) is 0 Å². The molecule has 0 fully saturated rings. The maximum Gasteiger partial charge on any atom is 0.269 e. The lowest BCUT2D eigenvalue weighted by Gasteiger charge is -2.29. The van der Waals surface area contributed by atoms with Gasteiger partial charge < -0.3 is 4.90 Å². The molecule has 4 aromatic rings. The Bertz CT molecular complexity index is 1410. The van der Waals surface area contributed by atoms with E-state index in [1.165, 1.54) is 34.4 Å². The number of hydrogen-bond donors (Lipinski definition) is 0. The molecule has 0 unspecified atom stereocenters. The molecule has 32 heavy (non-hydrogen) atoms. The number of carbonyl (C=O) groups is 1. The molecular formula is C23H18N4O4S. The first-order valence-electron chi connectivity index (χ1n) is 10.1. The fourth-order valence-electron chi connectivity index (χ4n) is 4.08. The molecular weight excluding hydrogens is 428 g/mol. The molecule has 1 aliphatic heterocycles. The third kappa shape index (κ3) is 3.46. The predicted octanol–water partition coefficient (Wildman–Crippen LogP) is 4.01. The van der Waals surface area contributed by atoms with Gasteiger partial charge in [-0.1, -0.05) is 18.2 Å². The highest BCUT2D eigenvalue weighted by atomic mass is 32.1. The molecule has 0 spiro atoms. The molecule has 0 radical (unpaired) electrons. The zero-order valence-electron chi connectivity index (χ0n) is 16.9. The van der Waals surface area contributed by atoms with Crippen molar-refractivity contribution in [2.45, 2.75) is 19.4 Å². The van der Waals surface area contributed by atoms with E-state index in [9.17, 15) is 19.7 Å². The van der Waals surface area contributed by atoms with Crippen molar-refractivity contribution in [3.63, 3.8) is 0 Å². The van der Waals surface area contributed by atoms with Crippen molar-refractivity contribution in [3.05, 3.63) is 86.3 Å². The van der Waals surface area contributed by atoms with E-state index in [-0.39, 0.29) is 23.7 Å². The van der Waals surface area contributed by atoms with Gasteiger partial charge in [-0.05, 0) is 42.2 Å². The second-order valence-electron chi connectivity index (χ2n) is 7.59. The summed E-state index contributed by atoms with van der Waals surface area (Å²) in [5.74, 6) is -0.160. The number of nitrogens with zero attached hydrogens (tertiary/aromatic N) is 4. The van der Waals surface area contributed by atoms with E-state index in [1.807, 2.05) is 29.6 Å². The number of aromatic nitrogens is 2. The molecule has 2 aromatic heterocycles. The average molecular weight is 446 g/mol. The number of non-ortho nitro benzene ring substituents is 1. The van der Waals surface area contributed by atoms with Crippen molar-refractivity contribution in [3.8, 4) is 11.1 Å². The van der Waals surface area contributed by atoms with Gasteiger partial charge in [0.2, 0.25) is 5.91 Å². The van der Waals surface area contributed by atoms with Gasteiger partial charge in [0.1, 0.15) is 11.4 Å². The number of para-hydroxylation sites is 1. The van der Waals surface area contributed by atoms with E-state index in [4.69, 9.17) is 0 Å². The molecule has 9 heteroatoms. The van der Waals surface area contributed by atoms with Gasteiger partial charge in [-0.25, -0.2) is 4.98 Å². The zero-order chi connectivity index (χ0) is 22.2. The van der Waals surface area contributed by atoms with Crippen LogP contribution in [0.25, 0.3) is 21.3 Å². The standard InChI is InChI=1S/C23H18N4O4S/c28-20(26-11-3-5-16-4-1-2-6-19(16)26)12-25-14-24-22-21(23(25)29)18(13-32-22)15-7-9-17(10-8-15)27(30)31/h1-2,4,6-10,13-14H,3,5,11-12H2. The fraction of sp³-hybridized carbons (Fsp3) is 0.174. The summed E-state index contributed by atoms with van der Waals surface area (Å²) in [5, 5.41) is 13.2. The SMILES string of the molecule is O=C(Cn1cnc2scc(-c3ccc([N+](=O)[O-])cc3)c2c1=O)N1CCCc2ccccc21. The van der Waals surface area contributed by atoms with E-state index in [0.29, 0.717) is 27.9 Å². The number of fused-ring (bicyclic) bond motifs is 2. The second kappa shape index (κ2) is 8.01. The number of carbonyl (C=O) groups excluding carboxylic acids is 1. The van der Waals surface area contributed by atoms with Gasteiger partial charge in [-0.3, -0.25) is 24.3 Å². The van der Waals surface area contributed by atoms with Crippen LogP contribution in [0.15, 0.2) is 65.0 Å². The Kier molecular flexibility index (Phi) is 5.02. The summed E-state index contributed by atoms with van der Waals surface area (Å²) < 4.78 is 1.34. The van der Waals surface area contributed by atoms with Crippen LogP contribution in [0.2, 0.25) is 0 Å². The lowest BCUT2D eigenvalue weighted by atomic mass is 10.0. The van der Waals surface area contributed by atoms with Crippen LogP contribution in [0.3, 0.4) is 0 Å². The van der Waals surface area contributed by atoms with E-state index >= 15 is 0 Å². The minimum absolute atomic E-state index is 0.0174. The summed E-state index contributed by atoms with van der Waals surface area (Å²) >= 11 is 1.33. The van der Waals surface area contributed by atoms with Crippen LogP contribution in [-0.2, 0) is 17.8 Å². The van der Waals surface area contributed by atoms with Crippen LogP contribution in [0.1, 0.15) is 12.0 Å². The number of hydrogen-bond acceptors (Lipinski definition) is 6. The number of amides is 1. The van der Waals surface area contributed by atoms with E-state index in [2.05, 4.69) is 4.98 Å². The molecule has 3 heterocycles. The summed E-state index contributed by atoms with van der Waals surface area (Å²) in [7, 11) is 0. The maximum absolute atomic E-state index is 13.3. The molecule has 160 valence electrons. The lowest BCUT2D eigenvalue weighted by molar-refractivity contribution is -0.384. The molecule has 2 aromatic carbocycles. The van der Waals surface area contributed by atoms with Crippen LogP contribution in [-0.4, -0.2) is 26.9 Å². The lowest BCUT2D eigenvalue weighted by Crippen LogP contribution is -2.39. The van der Waals surface area contributed by atoms with Crippen molar-refractivity contribution in [2.75, 3.05) is 11.4 Å². The average Bonchev–Trinajstić information content (AvgIpc) is 3.25. The van der Waals surface area contributed by atoms with Gasteiger partial charge in [0.25, 0.3) is 11.2 Å². The molecule has 8 nitrogen and oxygen atoms in total. The monoisotopic (exact) mass is 446 g/mol. The van der Waals surface area contributed by atoms with Crippen LogP contribution in [0.4, 0.5) is 11.4 Å². The summed E-state index contributed by atoms with van der Waals surface area (Å²) in [6.07, 6.45) is 3.22. The molecule has 1 aliphatic rings. The Morgan fingerprint density at radius 2 is 1.94 bits per heavy atom. The van der Waals surface area contributed by atoms with Gasteiger partial charge in [0, 0.05) is 35.3 Å². The molecule has 5 rings (SSSR count). The van der Waals surface area contributed by atoms with Crippen molar-refractivity contribution >= 4 is 38.8 Å². The molecule has 0 saturated carbocycles. The Morgan fingerprint density at radius 1 is 1.16 bits per heavy atom. The van der Waals surface area contributed by atoms with Crippen molar-refractivity contribution in [2.24, 2.45) is 0 Å². The van der Waals surface area contributed by atoms with E-state index in [1.54, 1.807) is 17.0 Å². The minimum atomic E-state index is -0.464. The predicted molar refractivity (Wildman–Crippen MR) is 123 cm³/mol. The number of nitro benzene ring substituents is 1. The smallest absolute Gasteiger partial charge is 0.269 e. The maximum atomic E-state index is 13.3. The zero-order valence-corrected chi connectivity index (χ0v) is 17.7. The first kappa shape index (κ1) is 20.1. The van der Waals surface area contributed by atoms with Crippen LogP contribution in [0.5, 0.6) is 0 Å². The van der Waals surface area contributed by atoms with Crippen LogP contribution in [0, 0.1) is 10.1 Å². The molecule has 0 saturated heterocycles. The largest absolute Gasteiger partial charge is 0.311 e. The highest BCUT2D eigenvalue weighted by Crippen LogP contribution is 2.32. The van der Waals surface area contributed by atoms with Gasteiger partial charge in [0.05, 0.1) is 16.6 Å². The van der Waals surface area contributed by atoms with Crippen molar-refractivity contribution in [1.29, 1.82) is 0 Å². The summed E-state index contributed by atoms with van der Waals surface area (Å²) in [5.41, 5.74) is 3.05. The topological polar surface area (TPSA) is 98.3 Å². The van der Waals surface area contributed by atoms with Crippen LogP contribution >= 0.6 is 11.3 Å². The second-order valence-corrected chi connectivity index (χ2v) is 8.45. The number of nitro groups is 1. The first-order chi connectivity index (χ1) is 15.5. The third-order valence-corrected chi connectivity index (χ3v) is 6.55. The minimum Gasteiger partial charge on any atom is -0.311 e. The molecule has 0 atom stereocenters. The van der Waals surface area contributed by atoms with Gasteiger partial charge in [-0.15, -0.1) is 11.3 Å². The van der Waals surface area contributed by atoms with E-state index in [0.717, 1.165) is 24.1 Å².